The van der Waals surface area contributed by atoms with E-state index < -0.39 is 46.6 Å². The second kappa shape index (κ2) is 24.5. The maximum Gasteiger partial charge on any atom is 0.310 e. The molecule has 20 atom stereocenters. The number of fused-ring (bicyclic) bond motifs is 14. The summed E-state index contributed by atoms with van der Waals surface area (Å²) in [6.45, 7) is 33.3. The summed E-state index contributed by atoms with van der Waals surface area (Å²) in [7, 11) is 3.38. The fourth-order valence-electron chi connectivity index (χ4n) is 23.2. The molecule has 17 heteroatoms. The largest absolute Gasteiger partial charge is 0.481 e. The van der Waals surface area contributed by atoms with Crippen LogP contribution in [0.25, 0.3) is 0 Å². The third kappa shape index (κ3) is 11.4. The zero-order valence-electron chi connectivity index (χ0n) is 57.2. The van der Waals surface area contributed by atoms with Gasteiger partial charge in [0.2, 0.25) is 5.96 Å². The third-order valence-electron chi connectivity index (χ3n) is 29.0. The predicted molar refractivity (Wildman–Crippen MR) is 344 cm³/mol. The number of nitrogens with zero attached hydrogens (tertiary/aromatic N) is 2. The zero-order valence-corrected chi connectivity index (χ0v) is 57.2. The van der Waals surface area contributed by atoms with Gasteiger partial charge in [-0.25, -0.2) is 0 Å². The molecule has 0 spiro atoms. The molecule has 0 saturated heterocycles. The molecule has 8 saturated carbocycles. The summed E-state index contributed by atoms with van der Waals surface area (Å²) in [5, 5.41) is 46.2. The highest BCUT2D eigenvalue weighted by molar-refractivity contribution is 5.91. The molecule has 2 unspecified atom stereocenters. The van der Waals surface area contributed by atoms with Crippen molar-refractivity contribution in [2.45, 2.75) is 250 Å². The van der Waals surface area contributed by atoms with Crippen molar-refractivity contribution in [1.29, 1.82) is 5.41 Å². The van der Waals surface area contributed by atoms with Crippen molar-refractivity contribution in [3.63, 3.8) is 0 Å². The van der Waals surface area contributed by atoms with Gasteiger partial charge >= 0.3 is 35.8 Å². The maximum atomic E-state index is 12.9. The zero-order chi connectivity index (χ0) is 66.4. The molecule has 10 aliphatic carbocycles. The number of aliphatic imine (C=N–C) groups is 1. The van der Waals surface area contributed by atoms with E-state index in [0.717, 1.165) is 116 Å². The first kappa shape index (κ1) is 69.9. The monoisotopic (exact) mass is 1240 g/mol. The van der Waals surface area contributed by atoms with E-state index in [2.05, 4.69) is 114 Å². The van der Waals surface area contributed by atoms with E-state index in [1.54, 1.807) is 14.1 Å². The van der Waals surface area contributed by atoms with Crippen LogP contribution in [0, 0.1) is 119 Å². The number of nitrogens with one attached hydrogen (secondary N) is 1. The van der Waals surface area contributed by atoms with Gasteiger partial charge in [0.1, 0.15) is 12.2 Å². The van der Waals surface area contributed by atoms with Crippen molar-refractivity contribution in [3.05, 3.63) is 23.3 Å². The Morgan fingerprint density at radius 1 is 0.517 bits per heavy atom. The summed E-state index contributed by atoms with van der Waals surface area (Å²) in [6, 6.07) is 0. The number of rotatable bonds is 10. The smallest absolute Gasteiger partial charge is 0.310 e. The van der Waals surface area contributed by atoms with E-state index in [9.17, 15) is 39.0 Å². The number of aliphatic carboxylic acids is 4. The lowest BCUT2D eigenvalue weighted by Crippen LogP contribution is -2.65. The van der Waals surface area contributed by atoms with Crippen molar-refractivity contribution in [3.8, 4) is 0 Å². The van der Waals surface area contributed by atoms with Gasteiger partial charge in [-0.15, -0.1) is 0 Å². The van der Waals surface area contributed by atoms with Gasteiger partial charge in [0.15, 0.2) is 5.96 Å². The SMILES string of the molecule is CN(C)C(=N)N=C(N)N.C[C@@H]1CC[C@]2(C(=O)O)CC[C@]3(C)C(=CC[C@@H]4[C@@]5(C)CC[C@H](OC(=O)CCC(=O)O)C(C)(C)[C@@H]5CC[C@]43C)C2[C@H]1C.C[C@@H]1CC[C@]2(C(=O)O)CC[C@]3(C)C(=CC[C@@H]4[C@@]5(C)CC[C@H](OC(=O)CCC(=O)O)C(C)(C)[C@@H]5CC[C@]43C)C2[C@H]1C. The highest BCUT2D eigenvalue weighted by atomic mass is 16.5. The average Bonchev–Trinajstić information content (AvgIpc) is 0.702. The van der Waals surface area contributed by atoms with Gasteiger partial charge in [-0.05, 0) is 207 Å². The van der Waals surface area contributed by atoms with Crippen LogP contribution in [0.2, 0.25) is 0 Å². The molecule has 10 rings (SSSR count). The Balaban J connectivity index is 0.000000202. The summed E-state index contributed by atoms with van der Waals surface area (Å²) in [5.74, 6) is -0.127. The molecular formula is C72H115N5O12. The van der Waals surface area contributed by atoms with E-state index >= 15 is 0 Å². The van der Waals surface area contributed by atoms with Crippen molar-refractivity contribution in [2.24, 2.45) is 130 Å². The number of carbonyl (C=O) groups excluding carboxylic acids is 2. The van der Waals surface area contributed by atoms with Gasteiger partial charge in [-0.3, -0.25) is 34.2 Å². The Morgan fingerprint density at radius 2 is 0.876 bits per heavy atom. The molecule has 0 amide bonds. The fourth-order valence-corrected chi connectivity index (χ4v) is 23.2. The number of hydrogen-bond acceptors (Lipinski definition) is 9. The lowest BCUT2D eigenvalue weighted by Gasteiger charge is -2.71. The Kier molecular flexibility index (Phi) is 19.2. The predicted octanol–water partition coefficient (Wildman–Crippen LogP) is 13.8. The van der Waals surface area contributed by atoms with Crippen molar-refractivity contribution in [2.75, 3.05) is 14.1 Å². The molecule has 0 aromatic carbocycles. The molecule has 8 fully saturated rings. The van der Waals surface area contributed by atoms with Crippen LogP contribution >= 0.6 is 0 Å². The number of hydrogen-bond donors (Lipinski definition) is 7. The summed E-state index contributed by atoms with van der Waals surface area (Å²) >= 11 is 0. The minimum atomic E-state index is -0.974. The Bertz CT molecular complexity index is 2700. The van der Waals surface area contributed by atoms with E-state index in [-0.39, 0.29) is 105 Å². The number of guanidine groups is 2. The Morgan fingerprint density at radius 3 is 1.18 bits per heavy atom. The van der Waals surface area contributed by atoms with Crippen LogP contribution in [-0.2, 0) is 38.2 Å². The van der Waals surface area contributed by atoms with E-state index in [1.807, 2.05) is 0 Å². The highest BCUT2D eigenvalue weighted by Gasteiger charge is 2.72. The number of ether oxygens (including phenoxy) is 2. The van der Waals surface area contributed by atoms with Crippen LogP contribution in [0.3, 0.4) is 0 Å². The van der Waals surface area contributed by atoms with Gasteiger partial charge < -0.3 is 46.3 Å². The number of carboxylic acids is 4. The molecule has 9 N–H and O–H groups in total. The molecule has 500 valence electrons. The van der Waals surface area contributed by atoms with Crippen molar-refractivity contribution < 1.29 is 58.7 Å². The highest BCUT2D eigenvalue weighted by Crippen LogP contribution is 2.78. The fraction of sp³-hybridized carbons (Fsp3) is 0.833. The molecule has 0 bridgehead atoms. The summed E-state index contributed by atoms with van der Waals surface area (Å²) in [6.07, 6.45) is 21.1. The van der Waals surface area contributed by atoms with Gasteiger partial charge in [-0.2, -0.15) is 4.99 Å². The van der Waals surface area contributed by atoms with E-state index in [1.165, 1.54) is 16.0 Å². The second-order valence-corrected chi connectivity index (χ2v) is 33.4. The van der Waals surface area contributed by atoms with Crippen molar-refractivity contribution >= 4 is 47.7 Å². The number of carboxylic acid groups (broad SMARTS) is 4. The molecule has 89 heavy (non-hydrogen) atoms. The normalized spacial score (nSPS) is 43.5. The average molecular weight is 1240 g/mol. The van der Waals surface area contributed by atoms with Crippen LogP contribution in [0.4, 0.5) is 0 Å². The minimum absolute atomic E-state index is 0.0108. The standard InChI is InChI=1S/2C34H52O6.C4H11N5/c2*1-20-12-17-34(29(38)39)19-18-32(6)22(28(34)21(20)2)8-9-24-31(5)15-14-25(40-27(37)11-10-26(35)36)30(3,4)23(31)13-16-33(24,32)7;1-9(2)4(7)8-3(5)6/h2*8,20-21,23-25,28H,9-19H2,1-7H3,(H,35,36)(H,38,39);1-2H3,(H5,5,6,7,8)/t2*20-,21+,23+,24-,25+,28?,31+,32-,33-,34+;/m11./s1. The lowest BCUT2D eigenvalue weighted by molar-refractivity contribution is -0.214. The number of nitrogens with two attached hydrogens (primary N) is 2. The van der Waals surface area contributed by atoms with Gasteiger partial charge in [0.25, 0.3) is 0 Å². The number of allylic oxidation sites excluding steroid dienone is 4. The van der Waals surface area contributed by atoms with Crippen LogP contribution in [0.15, 0.2) is 28.3 Å². The lowest BCUT2D eigenvalue weighted by atomic mass is 9.33. The number of carbonyl (C=O) groups is 6. The molecule has 0 aliphatic heterocycles. The third-order valence-corrected chi connectivity index (χ3v) is 29.0. The first-order valence-corrected chi connectivity index (χ1v) is 34.2. The molecule has 0 heterocycles. The van der Waals surface area contributed by atoms with E-state index in [0.29, 0.717) is 47.3 Å². The molecule has 0 aromatic heterocycles. The van der Waals surface area contributed by atoms with E-state index in [4.69, 9.17) is 36.6 Å². The summed E-state index contributed by atoms with van der Waals surface area (Å²) in [5.41, 5.74) is 11.6. The van der Waals surface area contributed by atoms with Crippen LogP contribution in [0.1, 0.15) is 238 Å². The Hall–Kier alpha value is -4.96. The molecule has 0 radical (unpaired) electrons. The quantitative estimate of drug-likeness (QED) is 0.0463. The molecule has 0 aromatic rings. The summed E-state index contributed by atoms with van der Waals surface area (Å²) in [4.78, 5) is 77.7. The second-order valence-electron chi connectivity index (χ2n) is 33.4. The van der Waals surface area contributed by atoms with Crippen LogP contribution < -0.4 is 11.5 Å². The van der Waals surface area contributed by atoms with Crippen molar-refractivity contribution in [1.82, 2.24) is 4.90 Å². The molecular weight excluding hydrogens is 1130 g/mol. The first-order valence-electron chi connectivity index (χ1n) is 34.2. The number of esters is 2. The topological polar surface area (TPSA) is 293 Å². The minimum Gasteiger partial charge on any atom is -0.481 e. The van der Waals surface area contributed by atoms with Gasteiger partial charge in [0.05, 0.1) is 36.5 Å². The molecule has 17 nitrogen and oxygen atoms in total. The molecule has 10 aliphatic rings. The van der Waals surface area contributed by atoms with Crippen LogP contribution in [-0.4, -0.2) is 99.4 Å². The van der Waals surface area contributed by atoms with Gasteiger partial charge in [0, 0.05) is 24.9 Å². The summed E-state index contributed by atoms with van der Waals surface area (Å²) < 4.78 is 11.9. The Labute approximate surface area is 532 Å². The maximum absolute atomic E-state index is 12.9. The first-order chi connectivity index (χ1) is 41.1. The van der Waals surface area contributed by atoms with Gasteiger partial charge in [-0.1, -0.05) is 120 Å². The van der Waals surface area contributed by atoms with Crippen LogP contribution in [0.5, 0.6) is 0 Å².